The van der Waals surface area contributed by atoms with Crippen LogP contribution in [0.25, 0.3) is 0 Å². The third kappa shape index (κ3) is 15.6. The minimum atomic E-state index is -4.70. The molecule has 0 radical (unpaired) electrons. The molecule has 7 aromatic rings. The first-order valence-electron chi connectivity index (χ1n) is 21.2. The fraction of sp³-hybridized carbons (Fsp3) is 0. The summed E-state index contributed by atoms with van der Waals surface area (Å²) in [6.45, 7) is 0. The van der Waals surface area contributed by atoms with Gasteiger partial charge in [-0.1, -0.05) is 30.3 Å². The average molecular weight is 1140 g/mol. The number of anilines is 6. The van der Waals surface area contributed by atoms with Crippen LogP contribution in [0.3, 0.4) is 0 Å². The van der Waals surface area contributed by atoms with Crippen molar-refractivity contribution in [1.82, 2.24) is 0 Å². The molecular formula is C48H36N6NaO18S4+. The van der Waals surface area contributed by atoms with Gasteiger partial charge in [0.15, 0.2) is 0 Å². The van der Waals surface area contributed by atoms with Gasteiger partial charge in [0.05, 0.1) is 19.6 Å². The van der Waals surface area contributed by atoms with Crippen molar-refractivity contribution in [2.45, 2.75) is 19.6 Å². The molecule has 0 fully saturated rings. The maximum absolute atomic E-state index is 13.9. The van der Waals surface area contributed by atoms with E-state index in [-0.39, 0.29) is 97.1 Å². The van der Waals surface area contributed by atoms with Crippen molar-refractivity contribution in [3.05, 3.63) is 191 Å². The zero-order valence-corrected chi connectivity index (χ0v) is 44.4. The molecule has 7 aromatic carbocycles. The van der Waals surface area contributed by atoms with Gasteiger partial charge in [-0.25, -0.2) is 0 Å². The van der Waals surface area contributed by atoms with E-state index in [1.807, 2.05) is 0 Å². The number of nitrogens with one attached hydrogen (secondary N) is 6. The van der Waals surface area contributed by atoms with Crippen molar-refractivity contribution in [2.75, 3.05) is 31.9 Å². The largest absolute Gasteiger partial charge is 1.00 e. The summed E-state index contributed by atoms with van der Waals surface area (Å²) in [5, 5.41) is 14.7. The van der Waals surface area contributed by atoms with Crippen LogP contribution in [-0.4, -0.2) is 87.3 Å². The van der Waals surface area contributed by atoms with E-state index < -0.39 is 95.5 Å². The molecule has 390 valence electrons. The predicted molar refractivity (Wildman–Crippen MR) is 272 cm³/mol. The number of benzene rings is 7. The molecule has 0 heterocycles. The van der Waals surface area contributed by atoms with Crippen molar-refractivity contribution in [2.24, 2.45) is 0 Å². The van der Waals surface area contributed by atoms with Crippen LogP contribution in [0.2, 0.25) is 0 Å². The molecule has 0 aliphatic heterocycles. The third-order valence-corrected chi connectivity index (χ3v) is 13.8. The Labute approximate surface area is 459 Å². The Morgan fingerprint density at radius 2 is 0.455 bits per heavy atom. The van der Waals surface area contributed by atoms with E-state index in [0.29, 0.717) is 0 Å². The average Bonchev–Trinajstić information content (AvgIpc) is 3.35. The third-order valence-electron chi connectivity index (χ3n) is 10.4. The van der Waals surface area contributed by atoms with E-state index in [0.717, 1.165) is 91.0 Å². The van der Waals surface area contributed by atoms with Crippen LogP contribution < -0.4 is 61.5 Å². The fourth-order valence-corrected chi connectivity index (χ4v) is 8.99. The van der Waals surface area contributed by atoms with Gasteiger partial charge >= 0.3 is 29.6 Å². The fourth-order valence-electron chi connectivity index (χ4n) is 6.88. The Hall–Kier alpha value is -8.00. The summed E-state index contributed by atoms with van der Waals surface area (Å²) >= 11 is 0. The molecule has 0 saturated carbocycles. The van der Waals surface area contributed by atoms with Crippen LogP contribution in [0.15, 0.2) is 177 Å². The maximum Gasteiger partial charge on any atom is 1.00 e. The number of carbonyl (C=O) groups is 6. The first-order chi connectivity index (χ1) is 35.6. The van der Waals surface area contributed by atoms with Gasteiger partial charge in [0.2, 0.25) is 0 Å². The maximum atomic E-state index is 13.9. The SMILES string of the molecule is O=C(Nc1cc(C(=O)Nc2cccc(S(=O)(=O)O)c2)cc(C(=O)Nc2cccc(S(=O)(=O)O)c2)c1)c1cccc(C(=O)Nc2cc(C(=O)Nc3cccc(S(=O)(=O)O)c3)cc(C(=O)Nc3cccc(S(=O)(=O)O)c3)c2)c1.[Na+]. The smallest absolute Gasteiger partial charge is 0.322 e. The van der Waals surface area contributed by atoms with E-state index in [4.69, 9.17) is 0 Å². The zero-order valence-electron chi connectivity index (χ0n) is 39.1. The number of carbonyl (C=O) groups excluding carboxylic acids is 6. The Balaban J connectivity index is 0.00000961. The van der Waals surface area contributed by atoms with Gasteiger partial charge in [0, 0.05) is 67.5 Å². The Morgan fingerprint density at radius 3 is 0.688 bits per heavy atom. The molecule has 0 aliphatic carbocycles. The molecule has 24 nitrogen and oxygen atoms in total. The quantitative estimate of drug-likeness (QED) is 0.0490. The van der Waals surface area contributed by atoms with Gasteiger partial charge in [0.1, 0.15) is 0 Å². The number of hydrogen-bond acceptors (Lipinski definition) is 14. The monoisotopic (exact) mass is 1140 g/mol. The van der Waals surface area contributed by atoms with Gasteiger partial charge in [-0.3, -0.25) is 47.0 Å². The van der Waals surface area contributed by atoms with Crippen LogP contribution in [0.1, 0.15) is 62.1 Å². The van der Waals surface area contributed by atoms with Gasteiger partial charge < -0.3 is 31.9 Å². The van der Waals surface area contributed by atoms with Crippen molar-refractivity contribution in [3.8, 4) is 0 Å². The molecule has 10 N–H and O–H groups in total. The Kier molecular flexibility index (Phi) is 17.8. The van der Waals surface area contributed by atoms with E-state index in [1.54, 1.807) is 0 Å². The summed E-state index contributed by atoms with van der Waals surface area (Å²) in [5.41, 5.74) is -2.44. The van der Waals surface area contributed by atoms with Gasteiger partial charge in [0.25, 0.3) is 75.9 Å². The van der Waals surface area contributed by atoms with Crippen LogP contribution in [0.4, 0.5) is 34.1 Å². The number of hydrogen-bond donors (Lipinski definition) is 10. The van der Waals surface area contributed by atoms with E-state index in [1.165, 1.54) is 66.7 Å². The summed E-state index contributed by atoms with van der Waals surface area (Å²) in [6, 6.07) is 29.6. The first-order valence-corrected chi connectivity index (χ1v) is 26.9. The number of rotatable bonds is 16. The second kappa shape index (κ2) is 23.5. The predicted octanol–water partition coefficient (Wildman–Crippen LogP) is 3.19. The summed E-state index contributed by atoms with van der Waals surface area (Å²) in [7, 11) is -18.8. The normalized spacial score (nSPS) is 11.5. The number of amides is 6. The van der Waals surface area contributed by atoms with Gasteiger partial charge in [-0.05, 0) is 127 Å². The van der Waals surface area contributed by atoms with Crippen molar-refractivity contribution in [3.63, 3.8) is 0 Å². The summed E-state index contributed by atoms with van der Waals surface area (Å²) < 4.78 is 132. The summed E-state index contributed by atoms with van der Waals surface area (Å²) in [4.78, 5) is 79.9. The molecule has 0 atom stereocenters. The molecule has 0 saturated heterocycles. The van der Waals surface area contributed by atoms with Gasteiger partial charge in [-0.2, -0.15) is 33.7 Å². The summed E-state index contributed by atoms with van der Waals surface area (Å²) in [6.07, 6.45) is 0. The van der Waals surface area contributed by atoms with Crippen LogP contribution in [-0.2, 0) is 40.5 Å². The molecule has 29 heteroatoms. The van der Waals surface area contributed by atoms with E-state index >= 15 is 0 Å². The molecule has 0 unspecified atom stereocenters. The molecule has 7 rings (SSSR count). The summed E-state index contributed by atoms with van der Waals surface area (Å²) in [5.74, 6) is -5.66. The van der Waals surface area contributed by atoms with Gasteiger partial charge in [-0.15, -0.1) is 0 Å². The van der Waals surface area contributed by atoms with E-state index in [9.17, 15) is 80.6 Å². The van der Waals surface area contributed by atoms with Crippen LogP contribution >= 0.6 is 0 Å². The molecule has 77 heavy (non-hydrogen) atoms. The van der Waals surface area contributed by atoms with Crippen molar-refractivity contribution < 1.29 is 110 Å². The topological polar surface area (TPSA) is 392 Å². The molecule has 0 aromatic heterocycles. The molecule has 0 aliphatic rings. The minimum Gasteiger partial charge on any atom is -0.322 e. The standard InChI is InChI=1S/C48H36N6O18S4.Na/c55-43(53-37-19-29(45(57)49-33-8-2-12-39(23-33)73(61,62)63)17-30(20-37)46(58)50-34-9-3-13-40(24-34)74(64,65)66)27-6-1-7-28(16-27)44(56)54-38-21-31(47(59)51-35-10-4-14-41(25-35)75(67,68)69)18-32(22-38)48(60)52-36-11-5-15-42(26-36)76(70,71)72;/h1-26H,(H,49,57)(H,50,58)(H,51,59)(H,52,60)(H,53,55)(H,54,56)(H,61,62,63)(H,64,65,66)(H,67,68,69)(H,70,71,72);/q;+1. The first kappa shape index (κ1) is 58.3. The van der Waals surface area contributed by atoms with Crippen LogP contribution in [0, 0.1) is 0 Å². The second-order valence-corrected chi connectivity index (χ2v) is 21.6. The van der Waals surface area contributed by atoms with Crippen LogP contribution in [0.5, 0.6) is 0 Å². The molecular weight excluding hydrogens is 1100 g/mol. The zero-order chi connectivity index (χ0) is 55.3. The molecule has 0 bridgehead atoms. The Morgan fingerprint density at radius 1 is 0.260 bits per heavy atom. The van der Waals surface area contributed by atoms with Crippen molar-refractivity contribution >= 4 is 110 Å². The van der Waals surface area contributed by atoms with E-state index in [2.05, 4.69) is 31.9 Å². The second-order valence-electron chi connectivity index (χ2n) is 15.9. The molecule has 6 amide bonds. The Bertz CT molecular complexity index is 3580. The van der Waals surface area contributed by atoms with Crippen molar-refractivity contribution in [1.29, 1.82) is 0 Å². The minimum absolute atomic E-state index is 0. The molecule has 0 spiro atoms.